The molecule has 2 N–H and O–H groups in total. The molecule has 0 atom stereocenters. The molecule has 0 fully saturated rings. The Labute approximate surface area is 99.3 Å². The van der Waals surface area contributed by atoms with Crippen LogP contribution in [0, 0.1) is 6.92 Å². The Morgan fingerprint density at radius 2 is 2.25 bits per heavy atom. The van der Waals surface area contributed by atoms with E-state index >= 15 is 0 Å². The van der Waals surface area contributed by atoms with Gasteiger partial charge in [-0.1, -0.05) is 6.07 Å². The maximum Gasteiger partial charge on any atom is 0.269 e. The number of pyridine rings is 1. The summed E-state index contributed by atoms with van der Waals surface area (Å²) in [6, 6.07) is 3.64. The van der Waals surface area contributed by atoms with Crippen molar-refractivity contribution in [1.29, 1.82) is 0 Å². The number of H-pyrrole nitrogens is 1. The molecule has 2 aromatic rings. The van der Waals surface area contributed by atoms with Crippen LogP contribution in [-0.4, -0.2) is 20.1 Å². The molecule has 2 heterocycles. The van der Waals surface area contributed by atoms with Gasteiger partial charge in [-0.2, -0.15) is 4.98 Å². The van der Waals surface area contributed by atoms with Crippen molar-refractivity contribution in [2.24, 2.45) is 0 Å². The fourth-order valence-corrected chi connectivity index (χ4v) is 1.48. The van der Waals surface area contributed by atoms with Crippen LogP contribution >= 0.6 is 15.9 Å². The van der Waals surface area contributed by atoms with Crippen LogP contribution in [0.3, 0.4) is 0 Å². The van der Waals surface area contributed by atoms with E-state index < -0.39 is 5.56 Å². The molecule has 6 heteroatoms. The number of halogens is 1. The van der Waals surface area contributed by atoms with Gasteiger partial charge in [-0.05, 0) is 34.5 Å². The van der Waals surface area contributed by atoms with Gasteiger partial charge in [0.15, 0.2) is 5.82 Å². The van der Waals surface area contributed by atoms with E-state index in [-0.39, 0.29) is 16.2 Å². The van der Waals surface area contributed by atoms with E-state index in [1.807, 2.05) is 13.0 Å². The molecule has 0 saturated carbocycles. The minimum atomic E-state index is -0.437. The normalized spacial score (nSPS) is 10.4. The number of hydrogen-bond donors (Lipinski definition) is 2. The van der Waals surface area contributed by atoms with E-state index in [4.69, 9.17) is 0 Å². The van der Waals surface area contributed by atoms with E-state index in [1.54, 1.807) is 12.3 Å². The Morgan fingerprint density at radius 3 is 2.88 bits per heavy atom. The van der Waals surface area contributed by atoms with E-state index in [0.717, 1.165) is 5.56 Å². The summed E-state index contributed by atoms with van der Waals surface area (Å²) in [6.45, 7) is 1.85. The van der Waals surface area contributed by atoms with Crippen LogP contribution in [0.4, 0.5) is 0 Å². The van der Waals surface area contributed by atoms with Crippen LogP contribution in [0.15, 0.2) is 27.6 Å². The quantitative estimate of drug-likeness (QED) is 0.832. The van der Waals surface area contributed by atoms with Crippen LogP contribution < -0.4 is 5.56 Å². The van der Waals surface area contributed by atoms with Gasteiger partial charge in [-0.3, -0.25) is 9.78 Å². The Morgan fingerprint density at radius 1 is 1.50 bits per heavy atom. The first kappa shape index (κ1) is 10.8. The highest BCUT2D eigenvalue weighted by Gasteiger charge is 2.11. The van der Waals surface area contributed by atoms with Crippen molar-refractivity contribution in [2.75, 3.05) is 0 Å². The van der Waals surface area contributed by atoms with Crippen LogP contribution in [0.5, 0.6) is 5.88 Å². The number of aromatic amines is 1. The summed E-state index contributed by atoms with van der Waals surface area (Å²) in [5.41, 5.74) is 0.974. The van der Waals surface area contributed by atoms with Crippen LogP contribution in [0.1, 0.15) is 5.56 Å². The lowest BCUT2D eigenvalue weighted by Gasteiger charge is -2.04. The number of nitrogens with one attached hydrogen (secondary N) is 1. The molecule has 5 nitrogen and oxygen atoms in total. The summed E-state index contributed by atoms with van der Waals surface area (Å²) in [5, 5.41) is 9.43. The highest BCUT2D eigenvalue weighted by Crippen LogP contribution is 2.21. The Kier molecular flexibility index (Phi) is 2.74. The standard InChI is InChI=1S/C10H8BrN3O2/c1-5-3-2-4-12-7(5)8-13-9(15)6(11)10(16)14-8/h2-4H,1H3,(H2,13,14,15,16). The van der Waals surface area contributed by atoms with Crippen LogP contribution in [0.25, 0.3) is 11.5 Å². The summed E-state index contributed by atoms with van der Waals surface area (Å²) < 4.78 is 0.0184. The van der Waals surface area contributed by atoms with Crippen molar-refractivity contribution in [2.45, 2.75) is 6.92 Å². The zero-order chi connectivity index (χ0) is 11.7. The lowest BCUT2D eigenvalue weighted by Crippen LogP contribution is -2.10. The van der Waals surface area contributed by atoms with E-state index in [9.17, 15) is 9.90 Å². The molecule has 2 rings (SSSR count). The second-order valence-electron chi connectivity index (χ2n) is 3.22. The molecule has 0 unspecified atom stereocenters. The maximum atomic E-state index is 11.4. The monoisotopic (exact) mass is 281 g/mol. The van der Waals surface area contributed by atoms with E-state index in [1.165, 1.54) is 0 Å². The third-order valence-corrected chi connectivity index (χ3v) is 2.79. The second-order valence-corrected chi connectivity index (χ2v) is 4.01. The number of aromatic hydroxyl groups is 1. The molecule has 0 aliphatic heterocycles. The molecule has 0 spiro atoms. The molecule has 0 radical (unpaired) electrons. The summed E-state index contributed by atoms with van der Waals surface area (Å²) in [6.07, 6.45) is 1.60. The molecule has 0 amide bonds. The summed E-state index contributed by atoms with van der Waals surface area (Å²) in [5.74, 6) is -0.0902. The SMILES string of the molecule is Cc1cccnc1-c1nc(O)c(Br)c(=O)[nH]1. The average molecular weight is 282 g/mol. The van der Waals surface area contributed by atoms with Crippen molar-refractivity contribution < 1.29 is 5.11 Å². The van der Waals surface area contributed by atoms with Gasteiger partial charge in [0.25, 0.3) is 5.56 Å². The zero-order valence-electron chi connectivity index (χ0n) is 8.36. The third kappa shape index (κ3) is 1.83. The maximum absolute atomic E-state index is 11.4. The van der Waals surface area contributed by atoms with Crippen molar-refractivity contribution >= 4 is 15.9 Å². The molecule has 0 aliphatic rings. The van der Waals surface area contributed by atoms with Gasteiger partial charge in [-0.25, -0.2) is 0 Å². The van der Waals surface area contributed by atoms with Crippen LogP contribution in [-0.2, 0) is 0 Å². The molecule has 2 aromatic heterocycles. The fraction of sp³-hybridized carbons (Fsp3) is 0.100. The fourth-order valence-electron chi connectivity index (χ4n) is 1.29. The zero-order valence-corrected chi connectivity index (χ0v) is 9.95. The highest BCUT2D eigenvalue weighted by atomic mass is 79.9. The van der Waals surface area contributed by atoms with Crippen molar-refractivity contribution in [1.82, 2.24) is 15.0 Å². The van der Waals surface area contributed by atoms with Gasteiger partial charge in [0.2, 0.25) is 5.88 Å². The van der Waals surface area contributed by atoms with Gasteiger partial charge in [0.05, 0.1) is 0 Å². The summed E-state index contributed by atoms with van der Waals surface area (Å²) >= 11 is 2.93. The van der Waals surface area contributed by atoms with Gasteiger partial charge in [0.1, 0.15) is 10.2 Å². The second kappa shape index (κ2) is 4.05. The first-order valence-electron chi connectivity index (χ1n) is 4.50. The number of hydrogen-bond acceptors (Lipinski definition) is 4. The lowest BCUT2D eigenvalue weighted by molar-refractivity contribution is 0.448. The predicted molar refractivity (Wildman–Crippen MR) is 62.2 cm³/mol. The van der Waals surface area contributed by atoms with E-state index in [0.29, 0.717) is 5.69 Å². The summed E-state index contributed by atoms with van der Waals surface area (Å²) in [7, 11) is 0. The highest BCUT2D eigenvalue weighted by molar-refractivity contribution is 9.10. The Bertz CT molecular complexity index is 595. The molecule has 16 heavy (non-hydrogen) atoms. The van der Waals surface area contributed by atoms with Crippen molar-refractivity contribution in [3.05, 3.63) is 38.7 Å². The molecular weight excluding hydrogens is 274 g/mol. The molecule has 0 bridgehead atoms. The number of aryl methyl sites for hydroxylation is 1. The summed E-state index contributed by atoms with van der Waals surface area (Å²) in [4.78, 5) is 21.9. The largest absolute Gasteiger partial charge is 0.492 e. The van der Waals surface area contributed by atoms with Crippen molar-refractivity contribution in [3.63, 3.8) is 0 Å². The van der Waals surface area contributed by atoms with Crippen LogP contribution in [0.2, 0.25) is 0 Å². The minimum Gasteiger partial charge on any atom is -0.492 e. The van der Waals surface area contributed by atoms with Crippen molar-refractivity contribution in [3.8, 4) is 17.4 Å². The predicted octanol–water partition coefficient (Wildman–Crippen LogP) is 1.61. The number of rotatable bonds is 1. The number of nitrogens with zero attached hydrogens (tertiary/aromatic N) is 2. The smallest absolute Gasteiger partial charge is 0.269 e. The first-order valence-corrected chi connectivity index (χ1v) is 5.29. The molecule has 0 saturated heterocycles. The minimum absolute atomic E-state index is 0.0184. The Balaban J connectivity index is 2.67. The molecule has 0 aliphatic carbocycles. The molecule has 0 aromatic carbocycles. The number of aromatic nitrogens is 3. The topological polar surface area (TPSA) is 78.9 Å². The Hall–Kier alpha value is -1.69. The van der Waals surface area contributed by atoms with Gasteiger partial charge < -0.3 is 10.1 Å². The molecule has 82 valence electrons. The molecular formula is C10H8BrN3O2. The average Bonchev–Trinajstić information content (AvgIpc) is 2.26. The van der Waals surface area contributed by atoms with Gasteiger partial charge >= 0.3 is 0 Å². The lowest BCUT2D eigenvalue weighted by atomic mass is 10.2. The van der Waals surface area contributed by atoms with Gasteiger partial charge in [0, 0.05) is 6.20 Å². The first-order chi connectivity index (χ1) is 7.59. The third-order valence-electron chi connectivity index (χ3n) is 2.08. The van der Waals surface area contributed by atoms with Gasteiger partial charge in [-0.15, -0.1) is 0 Å². The van der Waals surface area contributed by atoms with E-state index in [2.05, 4.69) is 30.9 Å².